The Hall–Kier alpha value is -1.88. The number of nitrogens with zero attached hydrogens (tertiary/aromatic N) is 1. The van der Waals surface area contributed by atoms with E-state index < -0.39 is 5.54 Å². The van der Waals surface area contributed by atoms with Gasteiger partial charge in [-0.25, -0.2) is 0 Å². The summed E-state index contributed by atoms with van der Waals surface area (Å²) in [6, 6.07) is 9.12. The molecule has 2 amide bonds. The summed E-state index contributed by atoms with van der Waals surface area (Å²) in [7, 11) is 0. The zero-order valence-corrected chi connectivity index (χ0v) is 13.3. The monoisotopic (exact) mass is 303 g/mol. The molecule has 2 atom stereocenters. The SMILES string of the molecule is CC(CN)CNC(=O)C1(C)CCCN1C(=O)c1ccccc1. The number of carbonyl (C=O) groups excluding carboxylic acids is 2. The van der Waals surface area contributed by atoms with Gasteiger partial charge in [0.05, 0.1) is 0 Å². The number of hydrogen-bond acceptors (Lipinski definition) is 3. The van der Waals surface area contributed by atoms with Gasteiger partial charge < -0.3 is 16.0 Å². The van der Waals surface area contributed by atoms with Crippen LogP contribution in [0.5, 0.6) is 0 Å². The van der Waals surface area contributed by atoms with Crippen molar-refractivity contribution >= 4 is 11.8 Å². The van der Waals surface area contributed by atoms with Gasteiger partial charge in [0.15, 0.2) is 0 Å². The summed E-state index contributed by atoms with van der Waals surface area (Å²) in [6.45, 7) is 5.53. The van der Waals surface area contributed by atoms with Crippen molar-refractivity contribution in [3.05, 3.63) is 35.9 Å². The molecule has 5 nitrogen and oxygen atoms in total. The van der Waals surface area contributed by atoms with E-state index in [0.29, 0.717) is 31.6 Å². The number of rotatable bonds is 5. The maximum Gasteiger partial charge on any atom is 0.254 e. The Morgan fingerprint density at radius 3 is 2.68 bits per heavy atom. The lowest BCUT2D eigenvalue weighted by molar-refractivity contribution is -0.130. The molecule has 120 valence electrons. The second kappa shape index (κ2) is 6.92. The van der Waals surface area contributed by atoms with E-state index in [9.17, 15) is 9.59 Å². The Labute approximate surface area is 131 Å². The van der Waals surface area contributed by atoms with Crippen LogP contribution in [0, 0.1) is 5.92 Å². The second-order valence-corrected chi connectivity index (χ2v) is 6.25. The van der Waals surface area contributed by atoms with E-state index in [4.69, 9.17) is 5.73 Å². The molecule has 0 bridgehead atoms. The predicted molar refractivity (Wildman–Crippen MR) is 86.3 cm³/mol. The van der Waals surface area contributed by atoms with Crippen molar-refractivity contribution in [3.63, 3.8) is 0 Å². The molecule has 22 heavy (non-hydrogen) atoms. The lowest BCUT2D eigenvalue weighted by Crippen LogP contribution is -2.56. The van der Waals surface area contributed by atoms with Crippen molar-refractivity contribution in [2.24, 2.45) is 11.7 Å². The van der Waals surface area contributed by atoms with Gasteiger partial charge in [-0.15, -0.1) is 0 Å². The summed E-state index contributed by atoms with van der Waals surface area (Å²) in [5.41, 5.74) is 5.43. The van der Waals surface area contributed by atoms with Crippen LogP contribution in [0.2, 0.25) is 0 Å². The number of carbonyl (C=O) groups is 2. The fourth-order valence-corrected chi connectivity index (χ4v) is 2.80. The number of likely N-dealkylation sites (tertiary alicyclic amines) is 1. The summed E-state index contributed by atoms with van der Waals surface area (Å²) < 4.78 is 0. The molecule has 0 aliphatic carbocycles. The molecule has 0 radical (unpaired) electrons. The molecule has 0 spiro atoms. The van der Waals surface area contributed by atoms with E-state index >= 15 is 0 Å². The maximum absolute atomic E-state index is 12.7. The van der Waals surface area contributed by atoms with E-state index in [0.717, 1.165) is 6.42 Å². The van der Waals surface area contributed by atoms with E-state index in [1.807, 2.05) is 32.0 Å². The van der Waals surface area contributed by atoms with Crippen LogP contribution in [0.4, 0.5) is 0 Å². The molecular weight excluding hydrogens is 278 g/mol. The fraction of sp³-hybridized carbons (Fsp3) is 0.529. The van der Waals surface area contributed by atoms with Crippen LogP contribution < -0.4 is 11.1 Å². The predicted octanol–water partition coefficient (Wildman–Crippen LogP) is 1.39. The first kappa shape index (κ1) is 16.5. The van der Waals surface area contributed by atoms with Crippen LogP contribution in [0.15, 0.2) is 30.3 Å². The maximum atomic E-state index is 12.7. The zero-order valence-electron chi connectivity index (χ0n) is 13.3. The zero-order chi connectivity index (χ0) is 16.2. The van der Waals surface area contributed by atoms with Gasteiger partial charge in [-0.05, 0) is 44.4 Å². The third kappa shape index (κ3) is 3.30. The molecule has 3 N–H and O–H groups in total. The lowest BCUT2D eigenvalue weighted by Gasteiger charge is -2.34. The van der Waals surface area contributed by atoms with Gasteiger partial charge in [0, 0.05) is 18.7 Å². The standard InChI is InChI=1S/C17H25N3O2/c1-13(11-18)12-19-16(22)17(2)9-6-10-20(17)15(21)14-7-4-3-5-8-14/h3-5,7-8,13H,6,9-12,18H2,1-2H3,(H,19,22). The van der Waals surface area contributed by atoms with Crippen LogP contribution in [-0.4, -0.2) is 41.9 Å². The lowest BCUT2D eigenvalue weighted by atomic mass is 9.96. The van der Waals surface area contributed by atoms with Crippen molar-refractivity contribution in [3.8, 4) is 0 Å². The first-order chi connectivity index (χ1) is 10.5. The molecule has 1 saturated heterocycles. The number of nitrogens with one attached hydrogen (secondary N) is 1. The topological polar surface area (TPSA) is 75.4 Å². The van der Waals surface area contributed by atoms with Crippen molar-refractivity contribution < 1.29 is 9.59 Å². The van der Waals surface area contributed by atoms with Gasteiger partial charge in [-0.3, -0.25) is 9.59 Å². The van der Waals surface area contributed by atoms with Crippen LogP contribution >= 0.6 is 0 Å². The smallest absolute Gasteiger partial charge is 0.254 e. The quantitative estimate of drug-likeness (QED) is 0.863. The van der Waals surface area contributed by atoms with Gasteiger partial charge in [0.1, 0.15) is 5.54 Å². The van der Waals surface area contributed by atoms with Crippen LogP contribution in [0.25, 0.3) is 0 Å². The Kier molecular flexibility index (Phi) is 5.19. The largest absolute Gasteiger partial charge is 0.354 e. The molecule has 5 heteroatoms. The third-order valence-corrected chi connectivity index (χ3v) is 4.41. The molecule has 0 saturated carbocycles. The number of hydrogen-bond donors (Lipinski definition) is 2. The van der Waals surface area contributed by atoms with Gasteiger partial charge in [-0.1, -0.05) is 25.1 Å². The molecular formula is C17H25N3O2. The molecule has 0 aromatic heterocycles. The Morgan fingerprint density at radius 1 is 1.36 bits per heavy atom. The third-order valence-electron chi connectivity index (χ3n) is 4.41. The molecule has 1 aliphatic rings. The van der Waals surface area contributed by atoms with E-state index in [1.54, 1.807) is 17.0 Å². The Morgan fingerprint density at radius 2 is 2.05 bits per heavy atom. The van der Waals surface area contributed by atoms with E-state index in [2.05, 4.69) is 5.32 Å². The highest BCUT2D eigenvalue weighted by molar-refractivity contribution is 5.99. The van der Waals surface area contributed by atoms with Crippen LogP contribution in [0.1, 0.15) is 37.0 Å². The van der Waals surface area contributed by atoms with Gasteiger partial charge in [0.2, 0.25) is 5.91 Å². The molecule has 1 fully saturated rings. The summed E-state index contributed by atoms with van der Waals surface area (Å²) in [6.07, 6.45) is 1.53. The Bertz CT molecular complexity index is 532. The summed E-state index contributed by atoms with van der Waals surface area (Å²) in [5, 5.41) is 2.94. The minimum Gasteiger partial charge on any atom is -0.354 e. The number of nitrogens with two attached hydrogens (primary N) is 1. The molecule has 2 rings (SSSR count). The number of benzene rings is 1. The summed E-state index contributed by atoms with van der Waals surface area (Å²) >= 11 is 0. The van der Waals surface area contributed by atoms with E-state index in [-0.39, 0.29) is 17.7 Å². The van der Waals surface area contributed by atoms with Crippen molar-refractivity contribution in [2.45, 2.75) is 32.2 Å². The van der Waals surface area contributed by atoms with Gasteiger partial charge in [-0.2, -0.15) is 0 Å². The van der Waals surface area contributed by atoms with Crippen molar-refractivity contribution in [1.29, 1.82) is 0 Å². The molecule has 2 unspecified atom stereocenters. The first-order valence-corrected chi connectivity index (χ1v) is 7.84. The highest BCUT2D eigenvalue weighted by Crippen LogP contribution is 2.30. The minimum absolute atomic E-state index is 0.0809. The first-order valence-electron chi connectivity index (χ1n) is 7.84. The average molecular weight is 303 g/mol. The van der Waals surface area contributed by atoms with Crippen LogP contribution in [-0.2, 0) is 4.79 Å². The normalized spacial score (nSPS) is 22.4. The van der Waals surface area contributed by atoms with Gasteiger partial charge in [0.25, 0.3) is 5.91 Å². The molecule has 1 aliphatic heterocycles. The van der Waals surface area contributed by atoms with Gasteiger partial charge >= 0.3 is 0 Å². The molecule has 1 aromatic rings. The fourth-order valence-electron chi connectivity index (χ4n) is 2.80. The van der Waals surface area contributed by atoms with Crippen LogP contribution in [0.3, 0.4) is 0 Å². The highest BCUT2D eigenvalue weighted by Gasteiger charge is 2.45. The summed E-state index contributed by atoms with van der Waals surface area (Å²) in [4.78, 5) is 27.0. The molecule has 1 aromatic carbocycles. The van der Waals surface area contributed by atoms with Crippen molar-refractivity contribution in [1.82, 2.24) is 10.2 Å². The molecule has 1 heterocycles. The second-order valence-electron chi connectivity index (χ2n) is 6.25. The Balaban J connectivity index is 2.11. The minimum atomic E-state index is -0.777. The number of amides is 2. The average Bonchev–Trinajstić information content (AvgIpc) is 2.95. The van der Waals surface area contributed by atoms with Crippen molar-refractivity contribution in [2.75, 3.05) is 19.6 Å². The highest BCUT2D eigenvalue weighted by atomic mass is 16.2. The summed E-state index contributed by atoms with van der Waals surface area (Å²) in [5.74, 6) is 0.0597. The van der Waals surface area contributed by atoms with E-state index in [1.165, 1.54) is 0 Å².